The van der Waals surface area contributed by atoms with E-state index in [-0.39, 0.29) is 0 Å². The molecule has 1 fully saturated rings. The summed E-state index contributed by atoms with van der Waals surface area (Å²) < 4.78 is 4.94. The van der Waals surface area contributed by atoms with Crippen LogP contribution in [0.5, 0.6) is 0 Å². The molecule has 1 saturated carbocycles. The first-order valence-corrected chi connectivity index (χ1v) is 9.56. The Morgan fingerprint density at radius 2 is 2.00 bits per heavy atom. The summed E-state index contributed by atoms with van der Waals surface area (Å²) in [5.74, 6) is 0.921. The van der Waals surface area contributed by atoms with Crippen molar-refractivity contribution in [3.05, 3.63) is 64.1 Å². The molecule has 1 aliphatic rings. The SMILES string of the molecule is C[NH+](Cc1ccc(Cl)cc1)Cn1nc(-c2cccnc2)n(C2CC2)c1=S. The van der Waals surface area contributed by atoms with Crippen molar-refractivity contribution in [2.75, 3.05) is 7.05 Å². The molecule has 0 spiro atoms. The third-order valence-corrected chi connectivity index (χ3v) is 5.20. The van der Waals surface area contributed by atoms with Crippen LogP contribution in [0.4, 0.5) is 0 Å². The molecule has 0 amide bonds. The average molecular weight is 387 g/mol. The van der Waals surface area contributed by atoms with Gasteiger partial charge in [0.05, 0.1) is 7.05 Å². The van der Waals surface area contributed by atoms with E-state index in [9.17, 15) is 0 Å². The Kier molecular flexibility index (Phi) is 4.89. The molecule has 1 N–H and O–H groups in total. The minimum Gasteiger partial charge on any atom is -0.315 e. The van der Waals surface area contributed by atoms with Crippen LogP contribution >= 0.6 is 23.8 Å². The van der Waals surface area contributed by atoms with Crippen molar-refractivity contribution in [2.24, 2.45) is 0 Å². The number of aromatic nitrogens is 4. The molecule has 1 unspecified atom stereocenters. The van der Waals surface area contributed by atoms with Crippen LogP contribution in [0.3, 0.4) is 0 Å². The topological polar surface area (TPSA) is 40.1 Å². The highest BCUT2D eigenvalue weighted by Crippen LogP contribution is 2.38. The van der Waals surface area contributed by atoms with Gasteiger partial charge in [0.2, 0.25) is 4.77 Å². The van der Waals surface area contributed by atoms with Gasteiger partial charge in [-0.1, -0.05) is 23.7 Å². The Bertz CT molecular complexity index is 944. The molecule has 5 nitrogen and oxygen atoms in total. The molecule has 0 bridgehead atoms. The lowest BCUT2D eigenvalue weighted by Gasteiger charge is -2.13. The van der Waals surface area contributed by atoms with Gasteiger partial charge in [0.1, 0.15) is 6.54 Å². The van der Waals surface area contributed by atoms with Gasteiger partial charge in [-0.05, 0) is 49.3 Å². The molecule has 0 radical (unpaired) electrons. The van der Waals surface area contributed by atoms with Crippen LogP contribution in [0.2, 0.25) is 5.02 Å². The lowest BCUT2D eigenvalue weighted by Crippen LogP contribution is -3.07. The number of benzene rings is 1. The predicted molar refractivity (Wildman–Crippen MR) is 105 cm³/mol. The van der Waals surface area contributed by atoms with Crippen LogP contribution in [-0.2, 0) is 13.2 Å². The summed E-state index contributed by atoms with van der Waals surface area (Å²) in [4.78, 5) is 5.54. The van der Waals surface area contributed by atoms with Gasteiger partial charge in [-0.3, -0.25) is 9.55 Å². The molecular weight excluding hydrogens is 366 g/mol. The number of rotatable bonds is 6. The van der Waals surface area contributed by atoms with E-state index in [0.29, 0.717) is 12.7 Å². The number of hydrogen-bond acceptors (Lipinski definition) is 3. The third-order valence-electron chi connectivity index (χ3n) is 4.54. The standard InChI is InChI=1S/C19H20ClN5S/c1-23(12-14-4-6-16(20)7-5-14)13-24-19(26)25(17-8-9-17)18(22-24)15-3-2-10-21-11-15/h2-7,10-11,17H,8-9,12-13H2,1H3/p+1. The molecular formula is C19H21ClN5S+. The minimum absolute atomic E-state index is 0.475. The second kappa shape index (κ2) is 7.31. The molecule has 26 heavy (non-hydrogen) atoms. The van der Waals surface area contributed by atoms with Crippen molar-refractivity contribution in [3.8, 4) is 11.4 Å². The van der Waals surface area contributed by atoms with Gasteiger partial charge < -0.3 is 4.90 Å². The first-order chi connectivity index (χ1) is 12.6. The molecule has 0 saturated heterocycles. The van der Waals surface area contributed by atoms with E-state index in [1.54, 1.807) is 6.20 Å². The number of nitrogens with one attached hydrogen (secondary N) is 1. The Balaban J connectivity index is 1.58. The average Bonchev–Trinajstić information content (AvgIpc) is 3.43. The maximum atomic E-state index is 5.97. The lowest BCUT2D eigenvalue weighted by molar-refractivity contribution is -0.917. The van der Waals surface area contributed by atoms with E-state index in [0.717, 1.165) is 27.7 Å². The highest BCUT2D eigenvalue weighted by Gasteiger charge is 2.29. The monoisotopic (exact) mass is 386 g/mol. The van der Waals surface area contributed by atoms with Crippen LogP contribution in [0.1, 0.15) is 24.4 Å². The minimum atomic E-state index is 0.475. The number of halogens is 1. The zero-order valence-corrected chi connectivity index (χ0v) is 16.2. The Morgan fingerprint density at radius 3 is 2.65 bits per heavy atom. The fourth-order valence-corrected chi connectivity index (χ4v) is 3.61. The normalized spacial score (nSPS) is 15.2. The van der Waals surface area contributed by atoms with Crippen molar-refractivity contribution in [3.63, 3.8) is 0 Å². The zero-order chi connectivity index (χ0) is 18.1. The Labute approximate surface area is 162 Å². The van der Waals surface area contributed by atoms with Crippen molar-refractivity contribution in [1.82, 2.24) is 19.3 Å². The quantitative estimate of drug-likeness (QED) is 0.661. The Hall–Kier alpha value is -2.02. The van der Waals surface area contributed by atoms with Crippen molar-refractivity contribution in [1.29, 1.82) is 0 Å². The first kappa shape index (κ1) is 17.4. The van der Waals surface area contributed by atoms with Gasteiger partial charge in [0, 0.05) is 34.6 Å². The van der Waals surface area contributed by atoms with E-state index >= 15 is 0 Å². The van der Waals surface area contributed by atoms with E-state index in [1.807, 2.05) is 35.1 Å². The summed E-state index contributed by atoms with van der Waals surface area (Å²) in [5, 5.41) is 5.59. The molecule has 3 aromatic rings. The molecule has 2 aromatic heterocycles. The number of nitrogens with zero attached hydrogens (tertiary/aromatic N) is 4. The van der Waals surface area contributed by atoms with Gasteiger partial charge in [0.15, 0.2) is 12.5 Å². The van der Waals surface area contributed by atoms with Crippen LogP contribution < -0.4 is 4.90 Å². The summed E-state index contributed by atoms with van der Waals surface area (Å²) in [6.45, 7) is 1.60. The van der Waals surface area contributed by atoms with Gasteiger partial charge in [-0.25, -0.2) is 0 Å². The van der Waals surface area contributed by atoms with Crippen LogP contribution in [0, 0.1) is 4.77 Å². The largest absolute Gasteiger partial charge is 0.315 e. The number of pyridine rings is 1. The van der Waals surface area contributed by atoms with E-state index in [4.69, 9.17) is 28.9 Å². The van der Waals surface area contributed by atoms with Crippen LogP contribution in [0.25, 0.3) is 11.4 Å². The predicted octanol–water partition coefficient (Wildman–Crippen LogP) is 3.14. The summed E-state index contributed by atoms with van der Waals surface area (Å²) in [7, 11) is 2.15. The fourth-order valence-electron chi connectivity index (χ4n) is 3.14. The third kappa shape index (κ3) is 3.72. The van der Waals surface area contributed by atoms with Gasteiger partial charge in [-0.2, -0.15) is 4.68 Å². The Morgan fingerprint density at radius 1 is 1.23 bits per heavy atom. The van der Waals surface area contributed by atoms with Gasteiger partial charge in [-0.15, -0.1) is 5.10 Å². The van der Waals surface area contributed by atoms with Gasteiger partial charge in [0.25, 0.3) is 0 Å². The van der Waals surface area contributed by atoms with Crippen LogP contribution in [-0.4, -0.2) is 26.4 Å². The summed E-state index contributed by atoms with van der Waals surface area (Å²) in [6, 6.07) is 12.4. The van der Waals surface area contributed by atoms with Crippen molar-refractivity contribution >= 4 is 23.8 Å². The smallest absolute Gasteiger partial charge is 0.203 e. The molecule has 2 heterocycles. The second-order valence-electron chi connectivity index (χ2n) is 6.87. The van der Waals surface area contributed by atoms with E-state index < -0.39 is 0 Å². The maximum absolute atomic E-state index is 5.97. The molecule has 0 aliphatic heterocycles. The maximum Gasteiger partial charge on any atom is 0.203 e. The lowest BCUT2D eigenvalue weighted by atomic mass is 10.2. The number of hydrogen-bond donors (Lipinski definition) is 1. The van der Waals surface area contributed by atoms with E-state index in [1.165, 1.54) is 23.3 Å². The highest BCUT2D eigenvalue weighted by atomic mass is 35.5. The van der Waals surface area contributed by atoms with Gasteiger partial charge >= 0.3 is 0 Å². The summed E-state index contributed by atoms with van der Waals surface area (Å²) in [5.41, 5.74) is 2.26. The molecule has 4 rings (SSSR count). The molecule has 7 heteroatoms. The second-order valence-corrected chi connectivity index (χ2v) is 7.67. The van der Waals surface area contributed by atoms with E-state index in [2.05, 4.69) is 28.7 Å². The first-order valence-electron chi connectivity index (χ1n) is 8.77. The summed E-state index contributed by atoms with van der Waals surface area (Å²) >= 11 is 11.7. The zero-order valence-electron chi connectivity index (χ0n) is 14.6. The van der Waals surface area contributed by atoms with Crippen molar-refractivity contribution in [2.45, 2.75) is 32.1 Å². The fraction of sp³-hybridized carbons (Fsp3) is 0.316. The molecule has 1 aromatic carbocycles. The van der Waals surface area contributed by atoms with Crippen LogP contribution in [0.15, 0.2) is 48.8 Å². The number of quaternary nitrogens is 1. The van der Waals surface area contributed by atoms with Crippen molar-refractivity contribution < 1.29 is 4.90 Å². The molecule has 1 aliphatic carbocycles. The molecule has 1 atom stereocenters. The highest BCUT2D eigenvalue weighted by molar-refractivity contribution is 7.71. The molecule has 134 valence electrons. The summed E-state index contributed by atoms with van der Waals surface area (Å²) in [6.07, 6.45) is 5.96.